The molecule has 2 heterocycles. The van der Waals surface area contributed by atoms with Crippen LogP contribution in [0, 0.1) is 6.92 Å². The summed E-state index contributed by atoms with van der Waals surface area (Å²) in [5, 5.41) is 9.71. The number of piperazine rings is 1. The normalized spacial score (nSPS) is 15.0. The largest absolute Gasteiger partial charge is 0.434 e. The molecule has 1 amide bonds. The third kappa shape index (κ3) is 5.71. The van der Waals surface area contributed by atoms with Crippen molar-refractivity contribution in [2.45, 2.75) is 19.5 Å². The number of hydrogen-bond acceptors (Lipinski definition) is 4. The Morgan fingerprint density at radius 2 is 1.93 bits per heavy atom. The second kappa shape index (κ2) is 10.1. The highest BCUT2D eigenvalue weighted by Crippen LogP contribution is 2.34. The van der Waals surface area contributed by atoms with Gasteiger partial charge in [-0.2, -0.15) is 18.3 Å². The highest BCUT2D eigenvalue weighted by atomic mass is 35.5. The number of para-hydroxylation sites is 1. The second-order valence-corrected chi connectivity index (χ2v) is 6.80. The van der Waals surface area contributed by atoms with Gasteiger partial charge in [0.25, 0.3) is 5.91 Å². The van der Waals surface area contributed by atoms with Crippen molar-refractivity contribution in [2.24, 2.45) is 0 Å². The first kappa shape index (κ1) is 23.2. The number of carbonyl (C=O) groups is 1. The minimum atomic E-state index is -4.70. The van der Waals surface area contributed by atoms with Crippen molar-refractivity contribution in [1.29, 1.82) is 0 Å². The number of alkyl halides is 3. The zero-order valence-corrected chi connectivity index (χ0v) is 16.9. The van der Waals surface area contributed by atoms with Gasteiger partial charge in [-0.05, 0) is 31.5 Å². The molecule has 1 saturated heterocycles. The molecular weight excluding hydrogens is 407 g/mol. The van der Waals surface area contributed by atoms with Gasteiger partial charge in [0, 0.05) is 32.7 Å². The van der Waals surface area contributed by atoms with Crippen LogP contribution < -0.4 is 10.6 Å². The predicted molar refractivity (Wildman–Crippen MR) is 107 cm³/mol. The number of hydrogen-bond donors (Lipinski definition) is 2. The number of carbonyl (C=O) groups excluding carboxylic acids is 1. The van der Waals surface area contributed by atoms with E-state index in [1.54, 1.807) is 31.2 Å². The summed E-state index contributed by atoms with van der Waals surface area (Å²) < 4.78 is 41.9. The molecule has 0 saturated carbocycles. The number of amides is 1. The van der Waals surface area contributed by atoms with Crippen LogP contribution in [0.1, 0.15) is 28.0 Å². The van der Waals surface area contributed by atoms with Crippen LogP contribution in [0.5, 0.6) is 0 Å². The molecule has 10 heteroatoms. The Labute approximate surface area is 173 Å². The molecule has 160 valence electrons. The quantitative estimate of drug-likeness (QED) is 0.690. The van der Waals surface area contributed by atoms with Crippen LogP contribution in [-0.4, -0.2) is 59.9 Å². The van der Waals surface area contributed by atoms with E-state index in [0.717, 1.165) is 43.6 Å². The lowest BCUT2D eigenvalue weighted by molar-refractivity contribution is -0.143. The lowest BCUT2D eigenvalue weighted by Crippen LogP contribution is -2.44. The Hall–Kier alpha value is -2.10. The van der Waals surface area contributed by atoms with Crippen LogP contribution >= 0.6 is 12.4 Å². The molecule has 1 aliphatic rings. The van der Waals surface area contributed by atoms with Crippen molar-refractivity contribution in [3.8, 4) is 5.69 Å². The lowest BCUT2D eigenvalue weighted by Gasteiger charge is -2.27. The average molecular weight is 432 g/mol. The smallest absolute Gasteiger partial charge is 0.352 e. The van der Waals surface area contributed by atoms with E-state index < -0.39 is 23.3 Å². The zero-order valence-electron chi connectivity index (χ0n) is 16.1. The van der Waals surface area contributed by atoms with E-state index in [9.17, 15) is 18.0 Å². The maximum Gasteiger partial charge on any atom is 0.434 e. The fourth-order valence-corrected chi connectivity index (χ4v) is 3.31. The summed E-state index contributed by atoms with van der Waals surface area (Å²) in [5.74, 6) is -0.757. The van der Waals surface area contributed by atoms with Crippen LogP contribution in [0.4, 0.5) is 13.2 Å². The first-order valence-corrected chi connectivity index (χ1v) is 9.30. The predicted octanol–water partition coefficient (Wildman–Crippen LogP) is 2.65. The van der Waals surface area contributed by atoms with Gasteiger partial charge < -0.3 is 15.5 Å². The minimum absolute atomic E-state index is 0. The fraction of sp³-hybridized carbons (Fsp3) is 0.474. The molecular formula is C19H25ClF3N5O. The molecule has 0 unspecified atom stereocenters. The summed E-state index contributed by atoms with van der Waals surface area (Å²) in [6, 6.07) is 6.63. The van der Waals surface area contributed by atoms with E-state index in [-0.39, 0.29) is 12.4 Å². The van der Waals surface area contributed by atoms with Crippen molar-refractivity contribution in [3.05, 3.63) is 47.3 Å². The number of aromatic nitrogens is 2. The van der Waals surface area contributed by atoms with Gasteiger partial charge in [0.05, 0.1) is 17.4 Å². The third-order valence-electron chi connectivity index (χ3n) is 4.77. The van der Waals surface area contributed by atoms with E-state index in [0.29, 0.717) is 24.2 Å². The maximum absolute atomic E-state index is 13.7. The van der Waals surface area contributed by atoms with Crippen molar-refractivity contribution in [1.82, 2.24) is 25.3 Å². The van der Waals surface area contributed by atoms with Gasteiger partial charge in [-0.15, -0.1) is 12.4 Å². The van der Waals surface area contributed by atoms with Crippen LogP contribution in [0.15, 0.2) is 30.5 Å². The summed E-state index contributed by atoms with van der Waals surface area (Å²) >= 11 is 0. The zero-order chi connectivity index (χ0) is 20.1. The molecule has 0 aliphatic carbocycles. The molecule has 2 N–H and O–H groups in total. The van der Waals surface area contributed by atoms with Crippen molar-refractivity contribution < 1.29 is 18.0 Å². The first-order valence-electron chi connectivity index (χ1n) is 9.30. The Morgan fingerprint density at radius 1 is 1.24 bits per heavy atom. The SMILES string of the molecule is Cc1ccccc1-n1ncc(C(=O)NCCCN2CCNCC2)c1C(F)(F)F.Cl. The number of halogens is 4. The number of nitrogens with zero attached hydrogens (tertiary/aromatic N) is 3. The molecule has 6 nitrogen and oxygen atoms in total. The van der Waals surface area contributed by atoms with E-state index in [4.69, 9.17) is 0 Å². The summed E-state index contributed by atoms with van der Waals surface area (Å²) in [7, 11) is 0. The number of nitrogens with one attached hydrogen (secondary N) is 2. The number of rotatable bonds is 6. The Balaban J connectivity index is 0.00000300. The van der Waals surface area contributed by atoms with E-state index >= 15 is 0 Å². The highest BCUT2D eigenvalue weighted by molar-refractivity contribution is 5.95. The first-order chi connectivity index (χ1) is 13.4. The van der Waals surface area contributed by atoms with E-state index in [1.807, 2.05) is 0 Å². The molecule has 0 atom stereocenters. The number of benzene rings is 1. The summed E-state index contributed by atoms with van der Waals surface area (Å²) in [6.07, 6.45) is -3.04. The van der Waals surface area contributed by atoms with Crippen molar-refractivity contribution in [3.63, 3.8) is 0 Å². The van der Waals surface area contributed by atoms with Gasteiger partial charge in [0.15, 0.2) is 5.69 Å². The topological polar surface area (TPSA) is 62.2 Å². The van der Waals surface area contributed by atoms with Crippen molar-refractivity contribution in [2.75, 3.05) is 39.3 Å². The molecule has 29 heavy (non-hydrogen) atoms. The molecule has 3 rings (SSSR count). The Kier molecular flexibility index (Phi) is 8.06. The monoisotopic (exact) mass is 431 g/mol. The Morgan fingerprint density at radius 3 is 2.59 bits per heavy atom. The van der Waals surface area contributed by atoms with Crippen LogP contribution in [0.3, 0.4) is 0 Å². The van der Waals surface area contributed by atoms with E-state index in [2.05, 4.69) is 20.6 Å². The van der Waals surface area contributed by atoms with Gasteiger partial charge >= 0.3 is 6.18 Å². The van der Waals surface area contributed by atoms with Gasteiger partial charge in [0.2, 0.25) is 0 Å². The van der Waals surface area contributed by atoms with Gasteiger partial charge in [-0.1, -0.05) is 18.2 Å². The molecule has 1 aromatic carbocycles. The molecule has 1 aliphatic heterocycles. The van der Waals surface area contributed by atoms with E-state index in [1.165, 1.54) is 0 Å². The molecule has 0 radical (unpaired) electrons. The van der Waals surface area contributed by atoms with Gasteiger partial charge in [-0.3, -0.25) is 4.79 Å². The summed E-state index contributed by atoms with van der Waals surface area (Å²) in [5.41, 5.74) is -0.578. The second-order valence-electron chi connectivity index (χ2n) is 6.80. The molecule has 2 aromatic rings. The maximum atomic E-state index is 13.7. The minimum Gasteiger partial charge on any atom is -0.352 e. The highest BCUT2D eigenvalue weighted by Gasteiger charge is 2.40. The number of aryl methyl sites for hydroxylation is 1. The van der Waals surface area contributed by atoms with Crippen LogP contribution in [-0.2, 0) is 6.18 Å². The summed E-state index contributed by atoms with van der Waals surface area (Å²) in [4.78, 5) is 14.7. The molecule has 1 fully saturated rings. The fourth-order valence-electron chi connectivity index (χ4n) is 3.31. The molecule has 0 bridgehead atoms. The molecule has 1 aromatic heterocycles. The molecule has 0 spiro atoms. The van der Waals surface area contributed by atoms with Gasteiger partial charge in [-0.25, -0.2) is 4.68 Å². The van der Waals surface area contributed by atoms with Crippen LogP contribution in [0.25, 0.3) is 5.69 Å². The lowest BCUT2D eigenvalue weighted by atomic mass is 10.1. The van der Waals surface area contributed by atoms with Crippen LogP contribution in [0.2, 0.25) is 0 Å². The Bertz CT molecular complexity index is 818. The summed E-state index contributed by atoms with van der Waals surface area (Å²) in [6.45, 7) is 6.56. The van der Waals surface area contributed by atoms with Crippen molar-refractivity contribution >= 4 is 18.3 Å². The third-order valence-corrected chi connectivity index (χ3v) is 4.77. The average Bonchev–Trinajstić information content (AvgIpc) is 3.12. The standard InChI is InChI=1S/C19H24F3N5O.ClH/c1-14-5-2-3-6-16(14)27-17(19(20,21)22)15(13-25-27)18(28)24-7-4-10-26-11-8-23-9-12-26;/h2-3,5-6,13,23H,4,7-12H2,1H3,(H,24,28);1H. The van der Waals surface area contributed by atoms with Gasteiger partial charge in [0.1, 0.15) is 0 Å².